The predicted octanol–water partition coefficient (Wildman–Crippen LogP) is 5.05. The zero-order valence-electron chi connectivity index (χ0n) is 22.2. The van der Waals surface area contributed by atoms with Crippen molar-refractivity contribution in [1.82, 2.24) is 4.98 Å². The van der Waals surface area contributed by atoms with Gasteiger partial charge < -0.3 is 31.0 Å². The van der Waals surface area contributed by atoms with Gasteiger partial charge in [0, 0.05) is 23.7 Å². The number of carbonyl (C=O) groups excluding carboxylic acids is 1. The fourth-order valence-electron chi connectivity index (χ4n) is 4.56. The zero-order chi connectivity index (χ0) is 27.3. The summed E-state index contributed by atoms with van der Waals surface area (Å²) in [5, 5.41) is 5.17. The molecule has 0 saturated carbocycles. The second-order valence-corrected chi connectivity index (χ2v) is 9.28. The topological polar surface area (TPSA) is 122 Å². The molecule has 3 aromatic carbocycles. The van der Waals surface area contributed by atoms with E-state index in [0.29, 0.717) is 40.9 Å². The van der Waals surface area contributed by atoms with Crippen LogP contribution in [0.5, 0.6) is 17.2 Å². The number of primary amides is 1. The molecule has 8 nitrogen and oxygen atoms in total. The van der Waals surface area contributed by atoms with Gasteiger partial charge in [-0.3, -0.25) is 4.79 Å². The maximum atomic E-state index is 13.5. The van der Waals surface area contributed by atoms with Crippen molar-refractivity contribution in [3.05, 3.63) is 84.1 Å². The van der Waals surface area contributed by atoms with Gasteiger partial charge in [0.15, 0.2) is 11.5 Å². The second-order valence-electron chi connectivity index (χ2n) is 9.28. The molecule has 1 atom stereocenters. The van der Waals surface area contributed by atoms with Gasteiger partial charge >= 0.3 is 0 Å². The summed E-state index contributed by atoms with van der Waals surface area (Å²) in [6.45, 7) is 6.22. The summed E-state index contributed by atoms with van der Waals surface area (Å²) in [4.78, 5) is 17.7. The Hall–Kier alpha value is -4.46. The highest BCUT2D eigenvalue weighted by Crippen LogP contribution is 2.39. The molecule has 0 aliphatic heterocycles. The smallest absolute Gasteiger partial charge is 0.248 e. The Kier molecular flexibility index (Phi) is 7.90. The van der Waals surface area contributed by atoms with Gasteiger partial charge in [0.2, 0.25) is 5.91 Å². The molecule has 0 aliphatic rings. The SMILES string of the molecule is CCOc1cc(C(Cc2ccccc2OC)(Nc2ccc3c(N)nccc3c2)C(N)=O)ccc1OC(C)C. The molecule has 1 aromatic heterocycles. The Balaban J connectivity index is 1.90. The summed E-state index contributed by atoms with van der Waals surface area (Å²) in [5.74, 6) is 1.66. The number of nitrogens with zero attached hydrogens (tertiary/aromatic N) is 1. The molecular formula is C30H34N4O4. The van der Waals surface area contributed by atoms with Crippen LogP contribution in [-0.2, 0) is 16.8 Å². The molecule has 4 aromatic rings. The Morgan fingerprint density at radius 2 is 1.82 bits per heavy atom. The molecule has 0 saturated heterocycles. The minimum absolute atomic E-state index is 0.0489. The van der Waals surface area contributed by atoms with Crippen LogP contribution in [0, 0.1) is 0 Å². The number of benzene rings is 3. The third kappa shape index (κ3) is 5.44. The average Bonchev–Trinajstić information content (AvgIpc) is 2.89. The fraction of sp³-hybridized carbons (Fsp3) is 0.267. The van der Waals surface area contributed by atoms with Gasteiger partial charge in [-0.25, -0.2) is 4.98 Å². The molecule has 0 aliphatic carbocycles. The summed E-state index contributed by atoms with van der Waals surface area (Å²) in [7, 11) is 1.60. The number of anilines is 2. The number of amides is 1. The van der Waals surface area contributed by atoms with E-state index in [-0.39, 0.29) is 12.5 Å². The first kappa shape index (κ1) is 26.6. The third-order valence-corrected chi connectivity index (χ3v) is 6.32. The number of hydrogen-bond acceptors (Lipinski definition) is 7. The molecule has 198 valence electrons. The molecule has 1 unspecified atom stereocenters. The maximum absolute atomic E-state index is 13.5. The molecule has 1 amide bonds. The van der Waals surface area contributed by atoms with Crippen LogP contribution in [0.1, 0.15) is 31.9 Å². The van der Waals surface area contributed by atoms with E-state index in [1.165, 1.54) is 0 Å². The molecule has 0 fully saturated rings. The van der Waals surface area contributed by atoms with E-state index in [4.69, 9.17) is 25.7 Å². The van der Waals surface area contributed by atoms with Crippen molar-refractivity contribution in [3.63, 3.8) is 0 Å². The highest BCUT2D eigenvalue weighted by Gasteiger charge is 2.40. The minimum Gasteiger partial charge on any atom is -0.496 e. The summed E-state index contributed by atoms with van der Waals surface area (Å²) >= 11 is 0. The standard InChI is InChI=1S/C30H34N4O4/c1-5-37-27-17-22(10-13-26(27)38-19(2)3)30(29(32)35,18-21-8-6-7-9-25(21)36-4)34-23-11-12-24-20(16-23)14-15-33-28(24)31/h6-17,19,34H,5,18H2,1-4H3,(H2,31,33)(H2,32,35). The first-order chi connectivity index (χ1) is 18.3. The van der Waals surface area contributed by atoms with E-state index in [1.807, 2.05) is 87.5 Å². The summed E-state index contributed by atoms with van der Waals surface area (Å²) in [6, 6.07) is 20.6. The van der Waals surface area contributed by atoms with E-state index >= 15 is 0 Å². The van der Waals surface area contributed by atoms with Gasteiger partial charge in [-0.1, -0.05) is 24.3 Å². The molecule has 0 radical (unpaired) electrons. The predicted molar refractivity (Wildman–Crippen MR) is 151 cm³/mol. The monoisotopic (exact) mass is 514 g/mol. The number of rotatable bonds is 11. The number of nitrogens with one attached hydrogen (secondary N) is 1. The lowest BCUT2D eigenvalue weighted by atomic mass is 9.82. The van der Waals surface area contributed by atoms with Crippen LogP contribution in [0.25, 0.3) is 10.8 Å². The quantitative estimate of drug-likeness (QED) is 0.256. The number of carbonyl (C=O) groups is 1. The van der Waals surface area contributed by atoms with Crippen molar-refractivity contribution >= 4 is 28.2 Å². The van der Waals surface area contributed by atoms with Crippen molar-refractivity contribution in [1.29, 1.82) is 0 Å². The van der Waals surface area contributed by atoms with Crippen LogP contribution in [0.2, 0.25) is 0 Å². The van der Waals surface area contributed by atoms with Crippen molar-refractivity contribution in [2.24, 2.45) is 5.73 Å². The van der Waals surface area contributed by atoms with Crippen LogP contribution in [-0.4, -0.2) is 30.7 Å². The summed E-state index contributed by atoms with van der Waals surface area (Å²) in [5.41, 5.74) is 13.1. The van der Waals surface area contributed by atoms with Gasteiger partial charge in [0.1, 0.15) is 17.1 Å². The van der Waals surface area contributed by atoms with E-state index < -0.39 is 11.4 Å². The van der Waals surface area contributed by atoms with Crippen LogP contribution in [0.3, 0.4) is 0 Å². The Morgan fingerprint density at radius 3 is 2.53 bits per heavy atom. The number of nitrogen functional groups attached to an aromatic ring is 1. The maximum Gasteiger partial charge on any atom is 0.248 e. The van der Waals surface area contributed by atoms with E-state index in [0.717, 1.165) is 16.3 Å². The summed E-state index contributed by atoms with van der Waals surface area (Å²) in [6.07, 6.45) is 1.82. The van der Waals surface area contributed by atoms with Crippen molar-refractivity contribution < 1.29 is 19.0 Å². The zero-order valence-corrected chi connectivity index (χ0v) is 22.2. The lowest BCUT2D eigenvalue weighted by molar-refractivity contribution is -0.122. The van der Waals surface area contributed by atoms with Crippen LogP contribution in [0.4, 0.5) is 11.5 Å². The number of para-hydroxylation sites is 1. The number of fused-ring (bicyclic) bond motifs is 1. The Labute approximate surface area is 222 Å². The molecule has 1 heterocycles. The van der Waals surface area contributed by atoms with Gasteiger partial charge in [-0.05, 0) is 79.7 Å². The molecule has 0 spiro atoms. The second kappa shape index (κ2) is 11.3. The lowest BCUT2D eigenvalue weighted by Gasteiger charge is -2.34. The van der Waals surface area contributed by atoms with Gasteiger partial charge in [0.05, 0.1) is 19.8 Å². The van der Waals surface area contributed by atoms with Crippen LogP contribution >= 0.6 is 0 Å². The van der Waals surface area contributed by atoms with Crippen molar-refractivity contribution in [2.45, 2.75) is 38.8 Å². The number of methoxy groups -OCH3 is 1. The molecule has 8 heteroatoms. The number of aromatic nitrogens is 1. The Morgan fingerprint density at radius 1 is 1.03 bits per heavy atom. The Bertz CT molecular complexity index is 1440. The van der Waals surface area contributed by atoms with Crippen molar-refractivity contribution in [3.8, 4) is 17.2 Å². The fourth-order valence-corrected chi connectivity index (χ4v) is 4.56. The first-order valence-corrected chi connectivity index (χ1v) is 12.6. The highest BCUT2D eigenvalue weighted by atomic mass is 16.5. The van der Waals surface area contributed by atoms with E-state index in [1.54, 1.807) is 13.3 Å². The highest BCUT2D eigenvalue weighted by molar-refractivity contribution is 5.95. The van der Waals surface area contributed by atoms with E-state index in [9.17, 15) is 4.79 Å². The number of pyridine rings is 1. The first-order valence-electron chi connectivity index (χ1n) is 12.6. The number of hydrogen-bond donors (Lipinski definition) is 3. The molecule has 38 heavy (non-hydrogen) atoms. The molecule has 0 bridgehead atoms. The molecule has 4 rings (SSSR count). The third-order valence-electron chi connectivity index (χ3n) is 6.32. The van der Waals surface area contributed by atoms with Gasteiger partial charge in [-0.15, -0.1) is 0 Å². The lowest BCUT2D eigenvalue weighted by Crippen LogP contribution is -2.49. The van der Waals surface area contributed by atoms with Gasteiger partial charge in [-0.2, -0.15) is 0 Å². The number of ether oxygens (including phenoxy) is 3. The van der Waals surface area contributed by atoms with Gasteiger partial charge in [0.25, 0.3) is 0 Å². The molecule has 5 N–H and O–H groups in total. The van der Waals surface area contributed by atoms with Crippen molar-refractivity contribution in [2.75, 3.05) is 24.8 Å². The van der Waals surface area contributed by atoms with Crippen LogP contribution < -0.4 is 31.0 Å². The number of nitrogens with two attached hydrogens (primary N) is 2. The largest absolute Gasteiger partial charge is 0.496 e. The van der Waals surface area contributed by atoms with Crippen LogP contribution in [0.15, 0.2) is 72.9 Å². The van der Waals surface area contributed by atoms with E-state index in [2.05, 4.69) is 10.3 Å². The summed E-state index contributed by atoms with van der Waals surface area (Å²) < 4.78 is 17.5. The average molecular weight is 515 g/mol. The normalized spacial score (nSPS) is 12.7. The molecular weight excluding hydrogens is 480 g/mol. The minimum atomic E-state index is -1.36.